The monoisotopic (exact) mass is 316 g/mol. The van der Waals surface area contributed by atoms with Crippen LogP contribution < -0.4 is 0 Å². The molecule has 0 spiro atoms. The maximum Gasteiger partial charge on any atom is 0.157 e. The Bertz CT molecular complexity index is 331. The highest BCUT2D eigenvalue weighted by molar-refractivity contribution is 5.01. The zero-order valence-corrected chi connectivity index (χ0v) is 13.7. The van der Waals surface area contributed by atoms with Crippen molar-refractivity contribution >= 4 is 0 Å². The van der Waals surface area contributed by atoms with Crippen LogP contribution in [0.25, 0.3) is 0 Å². The van der Waals surface area contributed by atoms with Crippen molar-refractivity contribution < 1.29 is 28.4 Å². The molecule has 22 heavy (non-hydrogen) atoms. The van der Waals surface area contributed by atoms with E-state index < -0.39 is 0 Å². The Morgan fingerprint density at radius 2 is 1.77 bits per heavy atom. The fourth-order valence-corrected chi connectivity index (χ4v) is 3.13. The molecule has 0 aromatic heterocycles. The highest BCUT2D eigenvalue weighted by atomic mass is 16.7. The zero-order valence-electron chi connectivity index (χ0n) is 13.7. The van der Waals surface area contributed by atoms with E-state index in [2.05, 4.69) is 6.58 Å². The maximum absolute atomic E-state index is 6.04. The van der Waals surface area contributed by atoms with E-state index in [1.165, 1.54) is 0 Å². The van der Waals surface area contributed by atoms with Crippen LogP contribution in [0.5, 0.6) is 0 Å². The second-order valence-corrected chi connectivity index (χ2v) is 5.61. The molecule has 0 aromatic carbocycles. The van der Waals surface area contributed by atoms with E-state index in [1.807, 2.05) is 0 Å². The van der Waals surface area contributed by atoms with Crippen molar-refractivity contribution in [3.63, 3.8) is 0 Å². The molecule has 1 unspecified atom stereocenters. The molecule has 0 bridgehead atoms. The van der Waals surface area contributed by atoms with Gasteiger partial charge in [-0.1, -0.05) is 6.08 Å². The number of hydrogen-bond donors (Lipinski definition) is 0. The van der Waals surface area contributed by atoms with Gasteiger partial charge >= 0.3 is 0 Å². The van der Waals surface area contributed by atoms with Crippen LogP contribution in [0.1, 0.15) is 19.3 Å². The van der Waals surface area contributed by atoms with Crippen LogP contribution in [0.15, 0.2) is 12.7 Å². The second-order valence-electron chi connectivity index (χ2n) is 5.61. The van der Waals surface area contributed by atoms with Gasteiger partial charge in [-0.25, -0.2) is 0 Å². The average molecular weight is 316 g/mol. The lowest BCUT2D eigenvalue weighted by Gasteiger charge is -2.44. The van der Waals surface area contributed by atoms with Crippen molar-refractivity contribution in [3.8, 4) is 0 Å². The van der Waals surface area contributed by atoms with Crippen molar-refractivity contribution in [2.75, 3.05) is 34.5 Å². The Morgan fingerprint density at radius 1 is 1.05 bits per heavy atom. The zero-order chi connectivity index (χ0) is 15.9. The molecule has 0 saturated carbocycles. The molecule has 0 radical (unpaired) electrons. The van der Waals surface area contributed by atoms with Gasteiger partial charge in [0.05, 0.1) is 6.61 Å². The standard InChI is InChI=1S/C16H28O6/c1-5-11-14(17-2)16(19-4)15(18-3)12(22-11)10-21-13-8-6-7-9-20-13/h5,11-16H,1,6-10H2,2-4H3/t11-,12+,13?,14-,15+,16+/m0/s1. The molecule has 2 saturated heterocycles. The summed E-state index contributed by atoms with van der Waals surface area (Å²) in [7, 11) is 4.93. The van der Waals surface area contributed by atoms with Crippen LogP contribution in [0.4, 0.5) is 0 Å². The molecule has 0 N–H and O–H groups in total. The molecule has 2 aliphatic rings. The van der Waals surface area contributed by atoms with Gasteiger partial charge in [-0.05, 0) is 19.3 Å². The number of rotatable bonds is 7. The fourth-order valence-electron chi connectivity index (χ4n) is 3.13. The Kier molecular flexibility index (Phi) is 7.27. The van der Waals surface area contributed by atoms with E-state index in [1.54, 1.807) is 27.4 Å². The molecule has 0 aromatic rings. The fraction of sp³-hybridized carbons (Fsp3) is 0.875. The van der Waals surface area contributed by atoms with E-state index in [-0.39, 0.29) is 36.8 Å². The quantitative estimate of drug-likeness (QED) is 0.664. The first kappa shape index (κ1) is 17.8. The molecular formula is C16H28O6. The smallest absolute Gasteiger partial charge is 0.157 e. The lowest BCUT2D eigenvalue weighted by Crippen LogP contribution is -2.60. The predicted octanol–water partition coefficient (Wildman–Crippen LogP) is 1.53. The van der Waals surface area contributed by atoms with E-state index >= 15 is 0 Å². The van der Waals surface area contributed by atoms with Gasteiger partial charge in [-0.3, -0.25) is 0 Å². The summed E-state index contributed by atoms with van der Waals surface area (Å²) in [5.41, 5.74) is 0. The minimum Gasteiger partial charge on any atom is -0.376 e. The molecular weight excluding hydrogens is 288 g/mol. The summed E-state index contributed by atoms with van der Waals surface area (Å²) < 4.78 is 34.2. The lowest BCUT2D eigenvalue weighted by atomic mass is 9.94. The molecule has 6 nitrogen and oxygen atoms in total. The minimum atomic E-state index is -0.269. The first-order chi connectivity index (χ1) is 10.7. The van der Waals surface area contributed by atoms with Crippen molar-refractivity contribution in [3.05, 3.63) is 12.7 Å². The first-order valence-corrected chi connectivity index (χ1v) is 7.84. The summed E-state index contributed by atoms with van der Waals surface area (Å²) in [5.74, 6) is 0. The third-order valence-electron chi connectivity index (χ3n) is 4.30. The third-order valence-corrected chi connectivity index (χ3v) is 4.30. The number of hydrogen-bond acceptors (Lipinski definition) is 6. The molecule has 2 fully saturated rings. The van der Waals surface area contributed by atoms with Gasteiger partial charge in [0.1, 0.15) is 30.5 Å². The summed E-state index contributed by atoms with van der Waals surface area (Å²) in [6, 6.07) is 0. The van der Waals surface area contributed by atoms with Gasteiger partial charge in [0.2, 0.25) is 0 Å². The van der Waals surface area contributed by atoms with Gasteiger partial charge in [0.25, 0.3) is 0 Å². The van der Waals surface area contributed by atoms with Crippen LogP contribution in [0, 0.1) is 0 Å². The van der Waals surface area contributed by atoms with E-state index in [4.69, 9.17) is 28.4 Å². The Labute approximate surface area is 132 Å². The molecule has 0 aliphatic carbocycles. The number of ether oxygens (including phenoxy) is 6. The van der Waals surface area contributed by atoms with Crippen LogP contribution in [0.2, 0.25) is 0 Å². The van der Waals surface area contributed by atoms with E-state index in [0.29, 0.717) is 6.61 Å². The molecule has 0 amide bonds. The van der Waals surface area contributed by atoms with Gasteiger partial charge in [-0.15, -0.1) is 6.58 Å². The average Bonchev–Trinajstić information content (AvgIpc) is 2.58. The van der Waals surface area contributed by atoms with Crippen molar-refractivity contribution in [1.29, 1.82) is 0 Å². The van der Waals surface area contributed by atoms with Crippen LogP contribution in [-0.2, 0) is 28.4 Å². The van der Waals surface area contributed by atoms with Crippen LogP contribution in [-0.4, -0.2) is 71.4 Å². The Hall–Kier alpha value is -0.500. The largest absolute Gasteiger partial charge is 0.376 e. The second kappa shape index (κ2) is 8.96. The highest BCUT2D eigenvalue weighted by Gasteiger charge is 2.46. The first-order valence-electron chi connectivity index (χ1n) is 7.84. The van der Waals surface area contributed by atoms with Gasteiger partial charge in [-0.2, -0.15) is 0 Å². The molecule has 6 heteroatoms. The number of methoxy groups -OCH3 is 3. The lowest BCUT2D eigenvalue weighted by molar-refractivity contribution is -0.256. The predicted molar refractivity (Wildman–Crippen MR) is 80.8 cm³/mol. The minimum absolute atomic E-state index is 0.154. The van der Waals surface area contributed by atoms with E-state index in [9.17, 15) is 0 Å². The molecule has 2 rings (SSSR count). The Balaban J connectivity index is 1.99. The van der Waals surface area contributed by atoms with Gasteiger partial charge in [0, 0.05) is 27.9 Å². The van der Waals surface area contributed by atoms with Crippen LogP contribution in [0.3, 0.4) is 0 Å². The summed E-state index contributed by atoms with van der Waals surface area (Å²) in [5, 5.41) is 0. The van der Waals surface area contributed by atoms with Crippen molar-refractivity contribution in [2.24, 2.45) is 0 Å². The molecule has 2 heterocycles. The van der Waals surface area contributed by atoms with Crippen molar-refractivity contribution in [1.82, 2.24) is 0 Å². The summed E-state index contributed by atoms with van der Waals surface area (Å²) in [6.45, 7) is 4.97. The normalized spacial score (nSPS) is 39.6. The van der Waals surface area contributed by atoms with Crippen molar-refractivity contribution in [2.45, 2.75) is 56.1 Å². The molecule has 6 atom stereocenters. The van der Waals surface area contributed by atoms with Gasteiger partial charge in [0.15, 0.2) is 6.29 Å². The summed E-state index contributed by atoms with van der Waals surface area (Å²) in [6.07, 6.45) is 3.44. The van der Waals surface area contributed by atoms with Crippen LogP contribution >= 0.6 is 0 Å². The molecule has 2 aliphatic heterocycles. The summed E-state index contributed by atoms with van der Waals surface area (Å²) in [4.78, 5) is 0. The SMILES string of the molecule is C=C[C@@H]1O[C@H](COC2CCCCO2)[C@@H](OC)[C@H](OC)[C@H]1OC. The summed E-state index contributed by atoms with van der Waals surface area (Å²) >= 11 is 0. The van der Waals surface area contributed by atoms with E-state index in [0.717, 1.165) is 25.9 Å². The molecule has 128 valence electrons. The van der Waals surface area contributed by atoms with Gasteiger partial charge < -0.3 is 28.4 Å². The maximum atomic E-state index is 6.04. The third kappa shape index (κ3) is 4.07. The highest BCUT2D eigenvalue weighted by Crippen LogP contribution is 2.28. The Morgan fingerprint density at radius 3 is 2.32 bits per heavy atom. The topological polar surface area (TPSA) is 55.4 Å².